The second-order valence-corrected chi connectivity index (χ2v) is 5.98. The number of hydrogen-bond donors (Lipinski definition) is 1. The molecule has 3 rings (SSSR count). The van der Waals surface area contributed by atoms with Gasteiger partial charge in [-0.05, 0) is 26.0 Å². The van der Waals surface area contributed by atoms with Gasteiger partial charge < -0.3 is 9.64 Å². The average Bonchev–Trinajstić information content (AvgIpc) is 2.74. The molecular formula is C16H21N2O3+. The molecule has 2 heterocycles. The van der Waals surface area contributed by atoms with E-state index in [4.69, 9.17) is 4.74 Å². The number of carbonyl (C=O) groups is 2. The maximum absolute atomic E-state index is 12.7. The minimum absolute atomic E-state index is 0.0810. The molecule has 3 atom stereocenters. The van der Waals surface area contributed by atoms with Crippen LogP contribution >= 0.6 is 0 Å². The highest BCUT2D eigenvalue weighted by molar-refractivity contribution is 6.21. The molecule has 2 fully saturated rings. The Balaban J connectivity index is 1.80. The highest BCUT2D eigenvalue weighted by atomic mass is 16.5. The van der Waals surface area contributed by atoms with Crippen molar-refractivity contribution < 1.29 is 19.2 Å². The van der Waals surface area contributed by atoms with E-state index in [0.29, 0.717) is 12.1 Å². The summed E-state index contributed by atoms with van der Waals surface area (Å²) < 4.78 is 5.72. The fraction of sp³-hybridized carbons (Fsp3) is 0.500. The van der Waals surface area contributed by atoms with Gasteiger partial charge in [-0.25, -0.2) is 4.90 Å². The molecule has 2 aliphatic heterocycles. The second-order valence-electron chi connectivity index (χ2n) is 5.98. The van der Waals surface area contributed by atoms with Crippen molar-refractivity contribution in [3.63, 3.8) is 0 Å². The predicted octanol–water partition coefficient (Wildman–Crippen LogP) is 0.0106. The van der Waals surface area contributed by atoms with Crippen molar-refractivity contribution in [3.8, 4) is 0 Å². The van der Waals surface area contributed by atoms with Crippen LogP contribution in [0.1, 0.15) is 20.3 Å². The van der Waals surface area contributed by atoms with E-state index >= 15 is 0 Å². The number of carbonyl (C=O) groups excluding carboxylic acids is 2. The lowest BCUT2D eigenvalue weighted by Gasteiger charge is -2.34. The summed E-state index contributed by atoms with van der Waals surface area (Å²) in [7, 11) is 0. The second kappa shape index (κ2) is 5.58. The van der Waals surface area contributed by atoms with Crippen LogP contribution in [0.5, 0.6) is 0 Å². The van der Waals surface area contributed by atoms with Crippen LogP contribution < -0.4 is 9.80 Å². The molecule has 5 heteroatoms. The number of amides is 2. The van der Waals surface area contributed by atoms with Crippen LogP contribution in [0.4, 0.5) is 5.69 Å². The summed E-state index contributed by atoms with van der Waals surface area (Å²) in [5, 5.41) is 0. The fourth-order valence-corrected chi connectivity index (χ4v) is 3.40. The largest absolute Gasteiger partial charge is 0.364 e. The molecule has 0 aliphatic carbocycles. The van der Waals surface area contributed by atoms with Gasteiger partial charge in [-0.1, -0.05) is 18.2 Å². The minimum atomic E-state index is -0.272. The third-order valence-electron chi connectivity index (χ3n) is 4.22. The van der Waals surface area contributed by atoms with Crippen molar-refractivity contribution in [1.82, 2.24) is 0 Å². The third kappa shape index (κ3) is 2.71. The number of anilines is 1. The fourth-order valence-electron chi connectivity index (χ4n) is 3.40. The van der Waals surface area contributed by atoms with Gasteiger partial charge in [-0.15, -0.1) is 0 Å². The van der Waals surface area contributed by atoms with Crippen molar-refractivity contribution >= 4 is 17.5 Å². The number of nitrogens with one attached hydrogen (secondary N) is 1. The molecule has 2 saturated heterocycles. The summed E-state index contributed by atoms with van der Waals surface area (Å²) >= 11 is 0. The standard InChI is InChI=1S/C16H20N2O3/c1-11-9-17(10-12(2)21-11)14-8-15(19)18(16(14)20)13-6-4-3-5-7-13/h3-7,11-12,14H,8-10H2,1-2H3/p+1/t11-,12-,14+/m0/s1. The number of quaternary nitrogens is 1. The zero-order chi connectivity index (χ0) is 15.0. The Morgan fingerprint density at radius 1 is 1.10 bits per heavy atom. The third-order valence-corrected chi connectivity index (χ3v) is 4.22. The van der Waals surface area contributed by atoms with Crippen molar-refractivity contribution in [2.24, 2.45) is 0 Å². The van der Waals surface area contributed by atoms with Gasteiger partial charge in [0.1, 0.15) is 25.3 Å². The number of nitrogens with zero attached hydrogens (tertiary/aromatic N) is 1. The molecule has 1 N–H and O–H groups in total. The van der Waals surface area contributed by atoms with Crippen molar-refractivity contribution in [3.05, 3.63) is 30.3 Å². The predicted molar refractivity (Wildman–Crippen MR) is 78.0 cm³/mol. The van der Waals surface area contributed by atoms with Crippen LogP contribution in [0.3, 0.4) is 0 Å². The molecule has 1 aromatic rings. The SMILES string of the molecule is C[C@H]1C[NH+]([C@@H]2CC(=O)N(c3ccccc3)C2=O)C[C@H](C)O1. The first kappa shape index (κ1) is 14.2. The van der Waals surface area contributed by atoms with Crippen LogP contribution in [0.25, 0.3) is 0 Å². The Labute approximate surface area is 124 Å². The van der Waals surface area contributed by atoms with Crippen LogP contribution in [0.15, 0.2) is 30.3 Å². The highest BCUT2D eigenvalue weighted by Crippen LogP contribution is 2.21. The molecule has 2 aliphatic rings. The molecule has 0 saturated carbocycles. The topological polar surface area (TPSA) is 51.0 Å². The monoisotopic (exact) mass is 289 g/mol. The zero-order valence-corrected chi connectivity index (χ0v) is 12.4. The maximum atomic E-state index is 12.7. The summed E-state index contributed by atoms with van der Waals surface area (Å²) in [5.41, 5.74) is 0.670. The maximum Gasteiger partial charge on any atom is 0.292 e. The van der Waals surface area contributed by atoms with Gasteiger partial charge in [0.15, 0.2) is 6.04 Å². The van der Waals surface area contributed by atoms with Crippen molar-refractivity contribution in [1.29, 1.82) is 0 Å². The summed E-state index contributed by atoms with van der Waals surface area (Å²) in [5.74, 6) is -0.182. The molecule has 5 nitrogen and oxygen atoms in total. The molecule has 1 aromatic carbocycles. The van der Waals surface area contributed by atoms with Gasteiger partial charge in [0.05, 0.1) is 12.1 Å². The molecule has 112 valence electrons. The first-order chi connectivity index (χ1) is 10.1. The summed E-state index contributed by atoms with van der Waals surface area (Å²) in [6.07, 6.45) is 0.539. The minimum Gasteiger partial charge on any atom is -0.364 e. The normalized spacial score (nSPS) is 33.5. The first-order valence-electron chi connectivity index (χ1n) is 7.48. The van der Waals surface area contributed by atoms with Gasteiger partial charge in [-0.3, -0.25) is 9.59 Å². The Morgan fingerprint density at radius 3 is 2.33 bits per heavy atom. The number of imide groups is 1. The van der Waals surface area contributed by atoms with Crippen molar-refractivity contribution in [2.75, 3.05) is 18.0 Å². The number of benzene rings is 1. The molecule has 0 unspecified atom stereocenters. The van der Waals surface area contributed by atoms with E-state index in [2.05, 4.69) is 0 Å². The van der Waals surface area contributed by atoms with E-state index < -0.39 is 0 Å². The van der Waals surface area contributed by atoms with Gasteiger partial charge in [0.25, 0.3) is 5.91 Å². The highest BCUT2D eigenvalue weighted by Gasteiger charge is 2.47. The molecule has 0 aromatic heterocycles. The van der Waals surface area contributed by atoms with E-state index in [-0.39, 0.29) is 30.1 Å². The number of para-hydroxylation sites is 1. The number of ether oxygens (including phenoxy) is 1. The van der Waals surface area contributed by atoms with Crippen molar-refractivity contribution in [2.45, 2.75) is 38.5 Å². The Kier molecular flexibility index (Phi) is 3.78. The van der Waals surface area contributed by atoms with E-state index in [0.717, 1.165) is 18.0 Å². The van der Waals surface area contributed by atoms with Crippen LogP contribution in [-0.4, -0.2) is 43.2 Å². The summed E-state index contributed by atoms with van der Waals surface area (Å²) in [6, 6.07) is 8.90. The van der Waals surface area contributed by atoms with Crippen LogP contribution in [-0.2, 0) is 14.3 Å². The van der Waals surface area contributed by atoms with E-state index in [1.807, 2.05) is 32.0 Å². The van der Waals surface area contributed by atoms with Gasteiger partial charge >= 0.3 is 0 Å². The van der Waals surface area contributed by atoms with Crippen LogP contribution in [0.2, 0.25) is 0 Å². The molecule has 0 bridgehead atoms. The Hall–Kier alpha value is -1.72. The summed E-state index contributed by atoms with van der Waals surface area (Å²) in [6.45, 7) is 5.59. The van der Waals surface area contributed by atoms with Gasteiger partial charge in [-0.2, -0.15) is 0 Å². The van der Waals surface area contributed by atoms with Gasteiger partial charge in [0, 0.05) is 0 Å². The lowest BCUT2D eigenvalue weighted by molar-refractivity contribution is -0.929. The first-order valence-corrected chi connectivity index (χ1v) is 7.48. The summed E-state index contributed by atoms with van der Waals surface area (Å²) in [4.78, 5) is 27.4. The Morgan fingerprint density at radius 2 is 1.71 bits per heavy atom. The van der Waals surface area contributed by atoms with Crippen LogP contribution in [0, 0.1) is 0 Å². The number of hydrogen-bond acceptors (Lipinski definition) is 3. The molecular weight excluding hydrogens is 268 g/mol. The molecule has 2 amide bonds. The lowest BCUT2D eigenvalue weighted by Crippen LogP contribution is -3.19. The smallest absolute Gasteiger partial charge is 0.292 e. The molecule has 0 spiro atoms. The number of morpholine rings is 1. The van der Waals surface area contributed by atoms with E-state index in [1.54, 1.807) is 12.1 Å². The van der Waals surface area contributed by atoms with E-state index in [9.17, 15) is 9.59 Å². The van der Waals surface area contributed by atoms with Gasteiger partial charge in [0.2, 0.25) is 5.91 Å². The average molecular weight is 289 g/mol. The number of rotatable bonds is 2. The quantitative estimate of drug-likeness (QED) is 0.781. The zero-order valence-electron chi connectivity index (χ0n) is 12.4. The Bertz CT molecular complexity index is 536. The van der Waals surface area contributed by atoms with E-state index in [1.165, 1.54) is 4.90 Å². The molecule has 0 radical (unpaired) electrons. The lowest BCUT2D eigenvalue weighted by atomic mass is 10.1. The molecule has 21 heavy (non-hydrogen) atoms.